The molecule has 2 rings (SSSR count). The Morgan fingerprint density at radius 2 is 1.81 bits per heavy atom. The molecule has 0 saturated carbocycles. The van der Waals surface area contributed by atoms with E-state index in [0.717, 1.165) is 5.56 Å². The van der Waals surface area contributed by atoms with Crippen LogP contribution in [0.2, 0.25) is 0 Å². The lowest BCUT2D eigenvalue weighted by molar-refractivity contribution is 0.256. The molecule has 2 aromatic rings. The Morgan fingerprint density at radius 1 is 1.14 bits per heavy atom. The lowest BCUT2D eigenvalue weighted by Crippen LogP contribution is -2.34. The summed E-state index contributed by atoms with van der Waals surface area (Å²) in [6, 6.07) is 10.2. The fraction of sp³-hybridized carbons (Fsp3) is 0.0769. The van der Waals surface area contributed by atoms with Gasteiger partial charge in [-0.2, -0.15) is 0 Å². The third-order valence-corrected chi connectivity index (χ3v) is 4.30. The van der Waals surface area contributed by atoms with Crippen LogP contribution in [0.3, 0.4) is 0 Å². The number of amides is 2. The highest BCUT2D eigenvalue weighted by atomic mass is 79.9. The molecular formula is C13H12BrN3O3S. The second kappa shape index (κ2) is 6.23. The molecule has 0 fully saturated rings. The van der Waals surface area contributed by atoms with Crippen LogP contribution in [0.1, 0.15) is 5.56 Å². The molecule has 0 bridgehead atoms. The van der Waals surface area contributed by atoms with Crippen molar-refractivity contribution in [1.29, 1.82) is 0 Å². The number of anilines is 1. The van der Waals surface area contributed by atoms with Crippen molar-refractivity contribution in [3.8, 4) is 0 Å². The van der Waals surface area contributed by atoms with Crippen LogP contribution >= 0.6 is 15.9 Å². The maximum atomic E-state index is 12.0. The Kier molecular flexibility index (Phi) is 4.59. The normalized spacial score (nSPS) is 11.0. The predicted molar refractivity (Wildman–Crippen MR) is 82.5 cm³/mol. The summed E-state index contributed by atoms with van der Waals surface area (Å²) >= 11 is 3.16. The molecule has 0 unspecified atom stereocenters. The topological polar surface area (TPSA) is 88.2 Å². The maximum Gasteiger partial charge on any atom is 0.334 e. The largest absolute Gasteiger partial charge is 0.334 e. The molecule has 0 aliphatic heterocycles. The fourth-order valence-electron chi connectivity index (χ4n) is 1.52. The lowest BCUT2D eigenvalue weighted by Gasteiger charge is -2.08. The maximum absolute atomic E-state index is 12.0. The average molecular weight is 370 g/mol. The standard InChI is InChI=1S/C13H12BrN3O3S/c1-9-5-7-10(8-6-9)21(19,20)17-13(18)16-12-4-2-3-11(14)15-12/h2-8H,1H3,(H2,15,16,17,18). The Labute approximate surface area is 130 Å². The number of rotatable bonds is 3. The molecule has 6 nitrogen and oxygen atoms in total. The number of benzene rings is 1. The van der Waals surface area contributed by atoms with Crippen LogP contribution in [0, 0.1) is 6.92 Å². The number of pyridine rings is 1. The summed E-state index contributed by atoms with van der Waals surface area (Å²) in [5.74, 6) is 0.237. The second-order valence-corrected chi connectivity index (χ2v) is 6.71. The molecule has 110 valence electrons. The van der Waals surface area contributed by atoms with Crippen LogP contribution in [0.15, 0.2) is 52.0 Å². The zero-order valence-corrected chi connectivity index (χ0v) is 13.4. The fourth-order valence-corrected chi connectivity index (χ4v) is 2.77. The number of nitrogens with one attached hydrogen (secondary N) is 2. The highest BCUT2D eigenvalue weighted by molar-refractivity contribution is 9.10. The summed E-state index contributed by atoms with van der Waals surface area (Å²) in [6.07, 6.45) is 0. The highest BCUT2D eigenvalue weighted by Crippen LogP contribution is 2.12. The number of aryl methyl sites for hydroxylation is 1. The third kappa shape index (κ3) is 4.27. The quantitative estimate of drug-likeness (QED) is 0.814. The van der Waals surface area contributed by atoms with Crippen molar-refractivity contribution in [2.75, 3.05) is 5.32 Å². The Balaban J connectivity index is 2.09. The molecule has 0 atom stereocenters. The van der Waals surface area contributed by atoms with Crippen molar-refractivity contribution < 1.29 is 13.2 Å². The van der Waals surface area contributed by atoms with Gasteiger partial charge in [0.25, 0.3) is 10.0 Å². The molecule has 0 aliphatic carbocycles. The molecule has 0 spiro atoms. The van der Waals surface area contributed by atoms with Crippen LogP contribution < -0.4 is 10.0 Å². The van der Waals surface area contributed by atoms with Crippen LogP contribution in [0.5, 0.6) is 0 Å². The van der Waals surface area contributed by atoms with E-state index in [0.29, 0.717) is 4.60 Å². The molecule has 0 saturated heterocycles. The summed E-state index contributed by atoms with van der Waals surface area (Å²) in [6.45, 7) is 1.84. The zero-order valence-electron chi connectivity index (χ0n) is 11.0. The third-order valence-electron chi connectivity index (χ3n) is 2.52. The van der Waals surface area contributed by atoms with E-state index in [2.05, 4.69) is 26.2 Å². The smallest absolute Gasteiger partial charge is 0.291 e. The molecule has 1 heterocycles. The summed E-state index contributed by atoms with van der Waals surface area (Å²) in [5, 5.41) is 2.35. The van der Waals surface area contributed by atoms with E-state index in [1.54, 1.807) is 30.3 Å². The molecule has 0 radical (unpaired) electrons. The number of halogens is 1. The monoisotopic (exact) mass is 369 g/mol. The van der Waals surface area contributed by atoms with Gasteiger partial charge in [0.2, 0.25) is 0 Å². The van der Waals surface area contributed by atoms with E-state index < -0.39 is 16.1 Å². The Morgan fingerprint density at radius 3 is 2.43 bits per heavy atom. The SMILES string of the molecule is Cc1ccc(S(=O)(=O)NC(=O)Nc2cccc(Br)n2)cc1. The number of aromatic nitrogens is 1. The molecule has 1 aromatic carbocycles. The van der Waals surface area contributed by atoms with E-state index in [4.69, 9.17) is 0 Å². The first-order chi connectivity index (χ1) is 9.87. The first-order valence-corrected chi connectivity index (χ1v) is 8.17. The minimum absolute atomic E-state index is 0.0189. The van der Waals surface area contributed by atoms with Crippen molar-refractivity contribution in [2.45, 2.75) is 11.8 Å². The number of hydrogen-bond donors (Lipinski definition) is 2. The number of carbonyl (C=O) groups excluding carboxylic acids is 1. The van der Waals surface area contributed by atoms with Gasteiger partial charge in [0.15, 0.2) is 0 Å². The summed E-state index contributed by atoms with van der Waals surface area (Å²) in [4.78, 5) is 15.7. The molecular weight excluding hydrogens is 358 g/mol. The first-order valence-electron chi connectivity index (χ1n) is 5.90. The molecule has 2 amide bonds. The molecule has 8 heteroatoms. The van der Waals surface area contributed by atoms with Gasteiger partial charge in [0.05, 0.1) is 4.90 Å². The van der Waals surface area contributed by atoms with Crippen molar-refractivity contribution in [1.82, 2.24) is 9.71 Å². The molecule has 1 aromatic heterocycles. The number of sulfonamides is 1. The Bertz CT molecular complexity index is 760. The molecule has 21 heavy (non-hydrogen) atoms. The van der Waals surface area contributed by atoms with Crippen LogP contribution in [-0.2, 0) is 10.0 Å². The van der Waals surface area contributed by atoms with Gasteiger partial charge in [-0.05, 0) is 47.1 Å². The summed E-state index contributed by atoms with van der Waals surface area (Å²) in [7, 11) is -3.91. The second-order valence-electron chi connectivity index (χ2n) is 4.22. The van der Waals surface area contributed by atoms with Crippen LogP contribution in [0.4, 0.5) is 10.6 Å². The summed E-state index contributed by atoms with van der Waals surface area (Å²) in [5.41, 5.74) is 0.928. The lowest BCUT2D eigenvalue weighted by atomic mass is 10.2. The van der Waals surface area contributed by atoms with Crippen molar-refractivity contribution >= 4 is 37.8 Å². The van der Waals surface area contributed by atoms with Gasteiger partial charge in [0.1, 0.15) is 10.4 Å². The van der Waals surface area contributed by atoms with E-state index >= 15 is 0 Å². The predicted octanol–water partition coefficient (Wildman–Crippen LogP) is 2.66. The van der Waals surface area contributed by atoms with Gasteiger partial charge in [-0.25, -0.2) is 22.9 Å². The van der Waals surface area contributed by atoms with E-state index in [9.17, 15) is 13.2 Å². The number of carbonyl (C=O) groups is 1. The number of hydrogen-bond acceptors (Lipinski definition) is 4. The van der Waals surface area contributed by atoms with E-state index in [1.165, 1.54) is 12.1 Å². The van der Waals surface area contributed by atoms with Crippen molar-refractivity contribution in [2.24, 2.45) is 0 Å². The highest BCUT2D eigenvalue weighted by Gasteiger charge is 2.17. The van der Waals surface area contributed by atoms with Gasteiger partial charge in [0, 0.05) is 0 Å². The molecule has 0 aliphatic rings. The van der Waals surface area contributed by atoms with Crippen LogP contribution in [-0.4, -0.2) is 19.4 Å². The molecule has 2 N–H and O–H groups in total. The van der Waals surface area contributed by atoms with Gasteiger partial charge >= 0.3 is 6.03 Å². The van der Waals surface area contributed by atoms with Gasteiger partial charge in [-0.15, -0.1) is 0 Å². The van der Waals surface area contributed by atoms with Gasteiger partial charge < -0.3 is 0 Å². The number of nitrogens with zero attached hydrogens (tertiary/aromatic N) is 1. The summed E-state index contributed by atoms with van der Waals surface area (Å²) < 4.78 is 26.5. The first kappa shape index (κ1) is 15.5. The average Bonchev–Trinajstić information content (AvgIpc) is 2.38. The van der Waals surface area contributed by atoms with E-state index in [1.807, 2.05) is 11.6 Å². The van der Waals surface area contributed by atoms with Gasteiger partial charge in [-0.1, -0.05) is 23.8 Å². The van der Waals surface area contributed by atoms with E-state index in [-0.39, 0.29) is 10.7 Å². The van der Waals surface area contributed by atoms with Crippen molar-refractivity contribution in [3.05, 3.63) is 52.6 Å². The number of urea groups is 1. The zero-order chi connectivity index (χ0) is 15.5. The minimum atomic E-state index is -3.91. The van der Waals surface area contributed by atoms with Gasteiger partial charge in [-0.3, -0.25) is 5.32 Å². The van der Waals surface area contributed by atoms with Crippen LogP contribution in [0.25, 0.3) is 0 Å². The Hall–Kier alpha value is -1.93. The minimum Gasteiger partial charge on any atom is -0.291 e. The van der Waals surface area contributed by atoms with Crippen molar-refractivity contribution in [3.63, 3.8) is 0 Å².